The molecule has 0 unspecified atom stereocenters. The van der Waals surface area contributed by atoms with Gasteiger partial charge in [-0.3, -0.25) is 4.79 Å². The van der Waals surface area contributed by atoms with Crippen molar-refractivity contribution in [3.05, 3.63) is 70.4 Å². The number of amides is 1. The van der Waals surface area contributed by atoms with Crippen LogP contribution in [-0.4, -0.2) is 10.2 Å². The zero-order chi connectivity index (χ0) is 16.2. The quantitative estimate of drug-likeness (QED) is 0.674. The van der Waals surface area contributed by atoms with Crippen molar-refractivity contribution in [2.75, 3.05) is 0 Å². The second-order valence-corrected chi connectivity index (χ2v) is 6.56. The van der Waals surface area contributed by atoms with E-state index in [0.717, 1.165) is 11.1 Å². The SMILES string of the molecule is O=C1NC(=S)SC1=Cc1cccc(OCc2ccc(F)cc2)c1. The Kier molecular flexibility index (Phi) is 4.73. The van der Waals surface area contributed by atoms with E-state index in [0.29, 0.717) is 21.6 Å². The number of hydrogen-bond acceptors (Lipinski definition) is 4. The van der Waals surface area contributed by atoms with E-state index < -0.39 is 0 Å². The van der Waals surface area contributed by atoms with Crippen LogP contribution in [0, 0.1) is 5.82 Å². The Balaban J connectivity index is 1.70. The van der Waals surface area contributed by atoms with E-state index in [-0.39, 0.29) is 11.7 Å². The zero-order valence-corrected chi connectivity index (χ0v) is 13.5. The number of halogens is 1. The van der Waals surface area contributed by atoms with E-state index in [1.54, 1.807) is 18.2 Å². The number of thioether (sulfide) groups is 1. The van der Waals surface area contributed by atoms with E-state index in [1.165, 1.54) is 23.9 Å². The second-order valence-electron chi connectivity index (χ2n) is 4.84. The minimum absolute atomic E-state index is 0.183. The molecule has 2 aromatic carbocycles. The van der Waals surface area contributed by atoms with Crippen LogP contribution in [0.3, 0.4) is 0 Å². The number of nitrogens with one attached hydrogen (secondary N) is 1. The molecule has 6 heteroatoms. The van der Waals surface area contributed by atoms with Crippen LogP contribution in [0.25, 0.3) is 6.08 Å². The predicted molar refractivity (Wildman–Crippen MR) is 93.5 cm³/mol. The molecule has 0 bridgehead atoms. The monoisotopic (exact) mass is 345 g/mol. The molecule has 1 heterocycles. The van der Waals surface area contributed by atoms with Gasteiger partial charge in [0, 0.05) is 0 Å². The molecular formula is C17H12FNO2S2. The molecule has 0 spiro atoms. The lowest BCUT2D eigenvalue weighted by Gasteiger charge is -2.07. The van der Waals surface area contributed by atoms with Crippen molar-refractivity contribution in [3.8, 4) is 5.75 Å². The highest BCUT2D eigenvalue weighted by Crippen LogP contribution is 2.27. The van der Waals surface area contributed by atoms with Crippen LogP contribution >= 0.6 is 24.0 Å². The number of rotatable bonds is 4. The Morgan fingerprint density at radius 2 is 2.00 bits per heavy atom. The van der Waals surface area contributed by atoms with Crippen molar-refractivity contribution in [2.45, 2.75) is 6.61 Å². The number of thiocarbonyl (C=S) groups is 1. The number of carbonyl (C=O) groups excluding carboxylic acids is 1. The molecule has 0 aromatic heterocycles. The Bertz CT molecular complexity index is 787. The van der Waals surface area contributed by atoms with Crippen LogP contribution in [0.15, 0.2) is 53.4 Å². The molecule has 0 saturated carbocycles. The summed E-state index contributed by atoms with van der Waals surface area (Å²) in [5.41, 5.74) is 1.73. The second kappa shape index (κ2) is 6.93. The lowest BCUT2D eigenvalue weighted by molar-refractivity contribution is -0.115. The molecule has 1 amide bonds. The molecule has 0 aliphatic carbocycles. The molecule has 0 radical (unpaired) electrons. The van der Waals surface area contributed by atoms with Gasteiger partial charge in [-0.15, -0.1) is 0 Å². The summed E-state index contributed by atoms with van der Waals surface area (Å²) in [6, 6.07) is 13.6. The minimum atomic E-state index is -0.271. The largest absolute Gasteiger partial charge is 0.489 e. The molecule has 1 aliphatic heterocycles. The van der Waals surface area contributed by atoms with Crippen LogP contribution in [0.4, 0.5) is 4.39 Å². The summed E-state index contributed by atoms with van der Waals surface area (Å²) in [5, 5.41) is 2.58. The molecule has 2 aromatic rings. The third kappa shape index (κ3) is 4.18. The van der Waals surface area contributed by atoms with Crippen LogP contribution < -0.4 is 10.1 Å². The first-order valence-electron chi connectivity index (χ1n) is 6.82. The van der Waals surface area contributed by atoms with E-state index in [1.807, 2.05) is 24.3 Å². The fourth-order valence-corrected chi connectivity index (χ4v) is 3.06. The van der Waals surface area contributed by atoms with Crippen molar-refractivity contribution in [3.63, 3.8) is 0 Å². The van der Waals surface area contributed by atoms with Gasteiger partial charge in [0.05, 0.1) is 4.91 Å². The summed E-state index contributed by atoms with van der Waals surface area (Å²) >= 11 is 6.20. The van der Waals surface area contributed by atoms with Crippen LogP contribution in [-0.2, 0) is 11.4 Å². The Labute approximate surface area is 142 Å². The van der Waals surface area contributed by atoms with Crippen molar-refractivity contribution >= 4 is 40.3 Å². The molecule has 0 atom stereocenters. The fraction of sp³-hybridized carbons (Fsp3) is 0.0588. The first-order chi connectivity index (χ1) is 11.1. The van der Waals surface area contributed by atoms with Gasteiger partial charge in [-0.1, -0.05) is 48.2 Å². The minimum Gasteiger partial charge on any atom is -0.489 e. The van der Waals surface area contributed by atoms with Crippen molar-refractivity contribution in [1.82, 2.24) is 5.32 Å². The predicted octanol–water partition coefficient (Wildman–Crippen LogP) is 3.89. The molecule has 1 saturated heterocycles. The van der Waals surface area contributed by atoms with Gasteiger partial charge in [-0.2, -0.15) is 0 Å². The number of ether oxygens (including phenoxy) is 1. The third-order valence-corrected chi connectivity index (χ3v) is 4.28. The highest BCUT2D eigenvalue weighted by molar-refractivity contribution is 8.26. The van der Waals surface area contributed by atoms with Crippen molar-refractivity contribution < 1.29 is 13.9 Å². The molecule has 116 valence electrons. The fourth-order valence-electron chi connectivity index (χ4n) is 2.01. The van der Waals surface area contributed by atoms with Gasteiger partial charge in [0.2, 0.25) is 0 Å². The average molecular weight is 345 g/mol. The van der Waals surface area contributed by atoms with Crippen molar-refractivity contribution in [1.29, 1.82) is 0 Å². The van der Waals surface area contributed by atoms with Crippen LogP contribution in [0.2, 0.25) is 0 Å². The first kappa shape index (κ1) is 15.7. The average Bonchev–Trinajstić information content (AvgIpc) is 2.85. The summed E-state index contributed by atoms with van der Waals surface area (Å²) in [4.78, 5) is 12.2. The summed E-state index contributed by atoms with van der Waals surface area (Å²) in [6.07, 6.45) is 1.77. The van der Waals surface area contributed by atoms with Gasteiger partial charge in [0.25, 0.3) is 5.91 Å². The molecule has 3 rings (SSSR count). The molecular weight excluding hydrogens is 333 g/mol. The van der Waals surface area contributed by atoms with Gasteiger partial charge in [0.1, 0.15) is 22.5 Å². The lowest BCUT2D eigenvalue weighted by atomic mass is 10.2. The maximum Gasteiger partial charge on any atom is 0.263 e. The van der Waals surface area contributed by atoms with Crippen LogP contribution in [0.1, 0.15) is 11.1 Å². The number of benzene rings is 2. The molecule has 3 nitrogen and oxygen atoms in total. The normalized spacial score (nSPS) is 15.8. The van der Waals surface area contributed by atoms with Gasteiger partial charge < -0.3 is 10.1 Å². The number of hydrogen-bond donors (Lipinski definition) is 1. The van der Waals surface area contributed by atoms with Gasteiger partial charge >= 0.3 is 0 Å². The maximum atomic E-state index is 12.9. The Morgan fingerprint density at radius 3 is 2.70 bits per heavy atom. The highest BCUT2D eigenvalue weighted by Gasteiger charge is 2.21. The summed E-state index contributed by atoms with van der Waals surface area (Å²) in [7, 11) is 0. The zero-order valence-electron chi connectivity index (χ0n) is 11.9. The van der Waals surface area contributed by atoms with E-state index >= 15 is 0 Å². The molecule has 1 N–H and O–H groups in total. The summed E-state index contributed by atoms with van der Waals surface area (Å²) in [5.74, 6) is 0.222. The first-order valence-corrected chi connectivity index (χ1v) is 8.05. The summed E-state index contributed by atoms with van der Waals surface area (Å²) in [6.45, 7) is 0.347. The molecule has 23 heavy (non-hydrogen) atoms. The standard InChI is InChI=1S/C17H12FNO2S2/c18-13-6-4-11(5-7-13)10-21-14-3-1-2-12(8-14)9-15-16(20)19-17(22)23-15/h1-9H,10H2,(H,19,20,22). The number of carbonyl (C=O) groups is 1. The topological polar surface area (TPSA) is 38.3 Å². The Hall–Kier alpha value is -2.18. The van der Waals surface area contributed by atoms with Crippen molar-refractivity contribution in [2.24, 2.45) is 0 Å². The van der Waals surface area contributed by atoms with Gasteiger partial charge in [0.15, 0.2) is 0 Å². The van der Waals surface area contributed by atoms with E-state index in [9.17, 15) is 9.18 Å². The maximum absolute atomic E-state index is 12.9. The molecule has 1 aliphatic rings. The third-order valence-electron chi connectivity index (χ3n) is 3.12. The molecule has 1 fully saturated rings. The highest BCUT2D eigenvalue weighted by atomic mass is 32.2. The van der Waals surface area contributed by atoms with E-state index in [2.05, 4.69) is 5.32 Å². The van der Waals surface area contributed by atoms with Gasteiger partial charge in [-0.25, -0.2) is 4.39 Å². The Morgan fingerprint density at radius 1 is 1.22 bits per heavy atom. The lowest BCUT2D eigenvalue weighted by Crippen LogP contribution is -2.17. The van der Waals surface area contributed by atoms with Crippen LogP contribution in [0.5, 0.6) is 5.75 Å². The van der Waals surface area contributed by atoms with E-state index in [4.69, 9.17) is 17.0 Å². The smallest absolute Gasteiger partial charge is 0.263 e. The van der Waals surface area contributed by atoms with Gasteiger partial charge in [-0.05, 0) is 41.5 Å². The summed E-state index contributed by atoms with van der Waals surface area (Å²) < 4.78 is 19.0.